The van der Waals surface area contributed by atoms with E-state index in [1.54, 1.807) is 18.0 Å². The van der Waals surface area contributed by atoms with Gasteiger partial charge in [-0.05, 0) is 38.8 Å². The number of esters is 1. The van der Waals surface area contributed by atoms with Crippen molar-refractivity contribution in [1.82, 2.24) is 4.98 Å². The number of nitrogens with zero attached hydrogens (tertiary/aromatic N) is 2. The summed E-state index contributed by atoms with van der Waals surface area (Å²) in [6, 6.07) is 5.34. The maximum atomic E-state index is 15.9. The van der Waals surface area contributed by atoms with E-state index >= 15 is 8.78 Å². The fourth-order valence-electron chi connectivity index (χ4n) is 4.19. The Balaban J connectivity index is 1.71. The van der Waals surface area contributed by atoms with Crippen molar-refractivity contribution in [3.8, 4) is 0 Å². The third-order valence-electron chi connectivity index (χ3n) is 5.79. The highest BCUT2D eigenvalue weighted by Gasteiger charge is 2.42. The third-order valence-corrected chi connectivity index (χ3v) is 7.15. The molecule has 0 radical (unpaired) electrons. The van der Waals surface area contributed by atoms with E-state index in [-0.39, 0.29) is 48.1 Å². The van der Waals surface area contributed by atoms with Gasteiger partial charge in [0.1, 0.15) is 5.69 Å². The van der Waals surface area contributed by atoms with Crippen LogP contribution in [-0.2, 0) is 16.0 Å². The number of benzene rings is 1. The SMILES string of the molecule is CCOC(=O)C1=C2SCC(C)N2c2c(F)c(NCCCc3ccccn3)c(F)c(N)c2C(=O)C1. The topological polar surface area (TPSA) is 97.6 Å². The Hall–Kier alpha value is -3.14. The lowest BCUT2D eigenvalue weighted by Crippen LogP contribution is -2.30. The number of fused-ring (bicyclic) bond motifs is 3. The van der Waals surface area contributed by atoms with Gasteiger partial charge < -0.3 is 20.7 Å². The molecule has 2 aliphatic heterocycles. The molecule has 10 heteroatoms. The number of aryl methyl sites for hydroxylation is 1. The number of Topliss-reactive ketones (excluding diaryl/α,β-unsaturated/α-hetero) is 1. The molecule has 0 saturated carbocycles. The molecular formula is C24H26F2N4O3S. The first kappa shape index (κ1) is 24.0. The molecule has 0 aliphatic carbocycles. The van der Waals surface area contributed by atoms with E-state index in [2.05, 4.69) is 10.3 Å². The van der Waals surface area contributed by atoms with Crippen molar-refractivity contribution in [2.45, 2.75) is 39.2 Å². The van der Waals surface area contributed by atoms with Gasteiger partial charge in [0.05, 0.1) is 34.1 Å². The van der Waals surface area contributed by atoms with Crippen LogP contribution >= 0.6 is 11.8 Å². The molecule has 1 aromatic heterocycles. The summed E-state index contributed by atoms with van der Waals surface area (Å²) < 4.78 is 36.2. The Morgan fingerprint density at radius 3 is 2.85 bits per heavy atom. The Morgan fingerprint density at radius 2 is 2.15 bits per heavy atom. The molecule has 1 unspecified atom stereocenters. The standard InChI is InChI=1S/C24H26F2N4O3S/c1-3-33-24(32)15-11-16(31)17-20(27)18(25)21(29-10-6-8-14-7-4-5-9-28-14)19(26)22(17)30-13(2)12-34-23(15)30/h4-5,7,9,13,29H,3,6,8,10-12,27H2,1-2H3. The molecule has 2 aliphatic rings. The van der Waals surface area contributed by atoms with Gasteiger partial charge in [-0.15, -0.1) is 11.8 Å². The number of rotatable bonds is 7. The number of nitrogens with one attached hydrogen (secondary N) is 1. The van der Waals surface area contributed by atoms with E-state index in [0.29, 0.717) is 23.6 Å². The quantitative estimate of drug-likeness (QED) is 0.339. The molecule has 180 valence electrons. The number of aromatic nitrogens is 1. The molecule has 1 saturated heterocycles. The number of thioether (sulfide) groups is 1. The highest BCUT2D eigenvalue weighted by molar-refractivity contribution is 8.03. The second kappa shape index (κ2) is 10.0. The highest BCUT2D eigenvalue weighted by atomic mass is 32.2. The molecule has 2 aromatic rings. The second-order valence-electron chi connectivity index (χ2n) is 8.13. The number of ketones is 1. The average Bonchev–Trinajstić information content (AvgIpc) is 3.13. The molecule has 1 aromatic carbocycles. The molecule has 0 bridgehead atoms. The summed E-state index contributed by atoms with van der Waals surface area (Å²) in [5.41, 5.74) is 5.93. The van der Waals surface area contributed by atoms with E-state index in [0.717, 1.165) is 5.69 Å². The van der Waals surface area contributed by atoms with Gasteiger partial charge in [-0.25, -0.2) is 13.6 Å². The first-order valence-corrected chi connectivity index (χ1v) is 12.1. The van der Waals surface area contributed by atoms with Crippen LogP contribution in [-0.4, -0.2) is 41.7 Å². The Kier molecular flexibility index (Phi) is 7.06. The molecule has 4 rings (SSSR count). The Bertz CT molecular complexity index is 1160. The lowest BCUT2D eigenvalue weighted by atomic mass is 9.99. The van der Waals surface area contributed by atoms with E-state index in [1.807, 2.05) is 25.1 Å². The maximum absolute atomic E-state index is 15.9. The Morgan fingerprint density at radius 1 is 1.35 bits per heavy atom. The number of pyridine rings is 1. The lowest BCUT2D eigenvalue weighted by Gasteiger charge is -2.28. The van der Waals surface area contributed by atoms with Crippen molar-refractivity contribution < 1.29 is 23.1 Å². The first-order chi connectivity index (χ1) is 16.3. The number of anilines is 3. The molecular weight excluding hydrogens is 462 g/mol. The minimum atomic E-state index is -1.01. The molecule has 0 spiro atoms. The van der Waals surface area contributed by atoms with Crippen LogP contribution in [0.1, 0.15) is 42.7 Å². The maximum Gasteiger partial charge on any atom is 0.337 e. The zero-order chi connectivity index (χ0) is 24.4. The van der Waals surface area contributed by atoms with Crippen LogP contribution in [0, 0.1) is 11.6 Å². The van der Waals surface area contributed by atoms with Crippen LogP contribution in [0.25, 0.3) is 0 Å². The van der Waals surface area contributed by atoms with Crippen molar-refractivity contribution in [2.75, 3.05) is 34.9 Å². The van der Waals surface area contributed by atoms with Crippen LogP contribution in [0.4, 0.5) is 25.8 Å². The normalized spacial score (nSPS) is 17.4. The first-order valence-electron chi connectivity index (χ1n) is 11.1. The van der Waals surface area contributed by atoms with Crippen LogP contribution < -0.4 is 16.0 Å². The van der Waals surface area contributed by atoms with Crippen LogP contribution in [0.3, 0.4) is 0 Å². The summed E-state index contributed by atoms with van der Waals surface area (Å²) in [4.78, 5) is 31.5. The van der Waals surface area contributed by atoms with Crippen molar-refractivity contribution >= 4 is 40.6 Å². The van der Waals surface area contributed by atoms with Gasteiger partial charge >= 0.3 is 5.97 Å². The number of nitrogen functional groups attached to an aromatic ring is 1. The smallest absolute Gasteiger partial charge is 0.337 e. The minimum Gasteiger partial charge on any atom is -0.463 e. The summed E-state index contributed by atoms with van der Waals surface area (Å²) >= 11 is 1.34. The third kappa shape index (κ3) is 4.34. The van der Waals surface area contributed by atoms with Gasteiger partial charge in [-0.3, -0.25) is 9.78 Å². The molecule has 3 heterocycles. The summed E-state index contributed by atoms with van der Waals surface area (Å²) in [5.74, 6) is -2.61. The zero-order valence-electron chi connectivity index (χ0n) is 19.0. The fraction of sp³-hybridized carbons (Fsp3) is 0.375. The fourth-order valence-corrected chi connectivity index (χ4v) is 5.48. The predicted molar refractivity (Wildman–Crippen MR) is 129 cm³/mol. The number of halogens is 2. The number of hydrogen-bond donors (Lipinski definition) is 2. The number of ether oxygens (including phenoxy) is 1. The molecule has 7 nitrogen and oxygen atoms in total. The van der Waals surface area contributed by atoms with Crippen molar-refractivity contribution in [3.63, 3.8) is 0 Å². The van der Waals surface area contributed by atoms with Gasteiger partial charge in [0.2, 0.25) is 0 Å². The van der Waals surface area contributed by atoms with E-state index in [1.165, 1.54) is 11.8 Å². The molecule has 0 amide bonds. The van der Waals surface area contributed by atoms with E-state index in [4.69, 9.17) is 10.5 Å². The van der Waals surface area contributed by atoms with Crippen molar-refractivity contribution in [1.29, 1.82) is 0 Å². The van der Waals surface area contributed by atoms with Gasteiger partial charge in [-0.1, -0.05) is 6.07 Å². The largest absolute Gasteiger partial charge is 0.463 e. The number of nitrogens with two attached hydrogens (primary N) is 1. The molecule has 3 N–H and O–H groups in total. The lowest BCUT2D eigenvalue weighted by molar-refractivity contribution is -0.138. The highest BCUT2D eigenvalue weighted by Crippen LogP contribution is 2.48. The van der Waals surface area contributed by atoms with E-state index < -0.39 is 29.1 Å². The average molecular weight is 489 g/mol. The summed E-state index contributed by atoms with van der Waals surface area (Å²) in [5, 5.41) is 3.26. The minimum absolute atomic E-state index is 0.0945. The Labute approximate surface area is 200 Å². The van der Waals surface area contributed by atoms with Crippen LogP contribution in [0.2, 0.25) is 0 Å². The van der Waals surface area contributed by atoms with Crippen molar-refractivity contribution in [2.24, 2.45) is 0 Å². The second-order valence-corrected chi connectivity index (χ2v) is 9.13. The summed E-state index contributed by atoms with van der Waals surface area (Å²) in [6.45, 7) is 3.92. The van der Waals surface area contributed by atoms with Crippen LogP contribution in [0.15, 0.2) is 35.0 Å². The molecule has 1 fully saturated rings. The van der Waals surface area contributed by atoms with Gasteiger partial charge in [-0.2, -0.15) is 0 Å². The van der Waals surface area contributed by atoms with Crippen molar-refractivity contribution in [3.05, 3.63) is 57.9 Å². The zero-order valence-corrected chi connectivity index (χ0v) is 19.8. The predicted octanol–water partition coefficient (Wildman–Crippen LogP) is 4.29. The van der Waals surface area contributed by atoms with Crippen LogP contribution in [0.5, 0.6) is 0 Å². The summed E-state index contributed by atoms with van der Waals surface area (Å²) in [7, 11) is 0. The molecule has 1 atom stereocenters. The summed E-state index contributed by atoms with van der Waals surface area (Å²) in [6.07, 6.45) is 2.57. The van der Waals surface area contributed by atoms with Gasteiger partial charge in [0, 0.05) is 36.7 Å². The van der Waals surface area contributed by atoms with E-state index in [9.17, 15) is 9.59 Å². The number of carbonyl (C=O) groups is 2. The number of carbonyl (C=O) groups excluding carboxylic acids is 2. The monoisotopic (exact) mass is 488 g/mol. The van der Waals surface area contributed by atoms with Gasteiger partial charge in [0.15, 0.2) is 17.4 Å². The number of hydrogen-bond acceptors (Lipinski definition) is 8. The van der Waals surface area contributed by atoms with Gasteiger partial charge in [0.25, 0.3) is 0 Å². The molecule has 34 heavy (non-hydrogen) atoms.